The van der Waals surface area contributed by atoms with Crippen LogP contribution in [-0.4, -0.2) is 85.8 Å². The molecule has 5 unspecified atom stereocenters. The highest BCUT2D eigenvalue weighted by Gasteiger charge is 2.32. The number of carboxylic acids is 1. The number of hydrogen-bond acceptors (Lipinski definition) is 9. The summed E-state index contributed by atoms with van der Waals surface area (Å²) in [5, 5.41) is 36.6. The zero-order chi connectivity index (χ0) is 28.9. The summed E-state index contributed by atoms with van der Waals surface area (Å²) in [6.45, 7) is 1.63. The number of aromatic amines is 1. The Morgan fingerprint density at radius 1 is 0.974 bits per heavy atom. The first-order valence-electron chi connectivity index (χ1n) is 12.5. The second-order valence-corrected chi connectivity index (χ2v) is 9.23. The molecule has 14 heteroatoms. The summed E-state index contributed by atoms with van der Waals surface area (Å²) < 4.78 is 0. The third kappa shape index (κ3) is 10.3. The lowest BCUT2D eigenvalue weighted by molar-refractivity contribution is -0.143. The molecule has 0 fully saturated rings. The number of amides is 3. The molecule has 0 aliphatic rings. The lowest BCUT2D eigenvalue weighted by Gasteiger charge is -2.26. The number of nitrogens with two attached hydrogens (primary N) is 2. The van der Waals surface area contributed by atoms with E-state index in [2.05, 4.69) is 25.9 Å². The number of aliphatic hydroxyl groups excluding tert-OH is 1. The van der Waals surface area contributed by atoms with Crippen molar-refractivity contribution >= 4 is 23.7 Å². The van der Waals surface area contributed by atoms with Crippen molar-refractivity contribution in [1.29, 1.82) is 0 Å². The maximum absolute atomic E-state index is 13.3. The summed E-state index contributed by atoms with van der Waals surface area (Å²) in [4.78, 5) is 57.3. The number of aliphatic hydroxyl groups is 1. The summed E-state index contributed by atoms with van der Waals surface area (Å²) in [6, 6.07) is 0.956. The highest BCUT2D eigenvalue weighted by molar-refractivity contribution is 5.94. The average molecular weight is 548 g/mol. The Bertz CT molecular complexity index is 1080. The van der Waals surface area contributed by atoms with Crippen LogP contribution in [0.2, 0.25) is 0 Å². The number of rotatable bonds is 16. The first kappa shape index (κ1) is 31.2. The zero-order valence-corrected chi connectivity index (χ0v) is 21.7. The summed E-state index contributed by atoms with van der Waals surface area (Å²) in [6.07, 6.45) is 2.80. The van der Waals surface area contributed by atoms with Gasteiger partial charge >= 0.3 is 5.97 Å². The molecule has 2 rings (SSSR count). The van der Waals surface area contributed by atoms with Crippen molar-refractivity contribution in [3.63, 3.8) is 0 Å². The Labute approximate surface area is 225 Å². The Hall–Kier alpha value is -4.01. The summed E-state index contributed by atoms with van der Waals surface area (Å²) in [5.74, 6) is -3.60. The number of phenols is 1. The van der Waals surface area contributed by atoms with E-state index < -0.39 is 54.0 Å². The number of aromatic nitrogens is 2. The fraction of sp³-hybridized carbons (Fsp3) is 0.480. The standard InChI is InChI=1S/C25H37N7O7/c1-14(33)21(24(37)30-19(25(38)39)4-2-3-9-26)32-23(36)20(10-15-5-7-17(34)8-6-15)31-22(35)18(27)11-16-12-28-13-29-16/h5-8,12-14,18-21,33-34H,2-4,9-11,26-27H2,1H3,(H,28,29)(H,30,37)(H,31,35)(H,32,36)(H,38,39). The maximum Gasteiger partial charge on any atom is 0.326 e. The molecule has 1 heterocycles. The van der Waals surface area contributed by atoms with E-state index in [4.69, 9.17) is 11.5 Å². The van der Waals surface area contributed by atoms with E-state index in [-0.39, 0.29) is 25.0 Å². The Balaban J connectivity index is 2.17. The molecule has 39 heavy (non-hydrogen) atoms. The molecule has 1 aromatic heterocycles. The molecule has 1 aromatic carbocycles. The molecule has 3 amide bonds. The smallest absolute Gasteiger partial charge is 0.326 e. The van der Waals surface area contributed by atoms with Gasteiger partial charge in [0.1, 0.15) is 23.9 Å². The quantitative estimate of drug-likeness (QED) is 0.108. The minimum Gasteiger partial charge on any atom is -0.508 e. The van der Waals surface area contributed by atoms with Crippen LogP contribution in [0.3, 0.4) is 0 Å². The van der Waals surface area contributed by atoms with Gasteiger partial charge < -0.3 is 47.7 Å². The van der Waals surface area contributed by atoms with Crippen molar-refractivity contribution in [2.45, 2.75) is 69.3 Å². The second-order valence-electron chi connectivity index (χ2n) is 9.23. The number of imidazole rings is 1. The van der Waals surface area contributed by atoms with E-state index >= 15 is 0 Å². The molecule has 0 aliphatic heterocycles. The minimum atomic E-state index is -1.51. The minimum absolute atomic E-state index is 0.00987. The monoisotopic (exact) mass is 547 g/mol. The lowest BCUT2D eigenvalue weighted by Crippen LogP contribution is -2.60. The van der Waals surface area contributed by atoms with Crippen LogP contribution in [0, 0.1) is 0 Å². The number of carbonyl (C=O) groups excluding carboxylic acids is 3. The van der Waals surface area contributed by atoms with Crippen LogP contribution >= 0.6 is 0 Å². The number of aliphatic carboxylic acids is 1. The van der Waals surface area contributed by atoms with Gasteiger partial charge in [-0.05, 0) is 50.4 Å². The second kappa shape index (κ2) is 15.4. The Kier molecular flexibility index (Phi) is 12.3. The molecule has 14 nitrogen and oxygen atoms in total. The van der Waals surface area contributed by atoms with E-state index in [0.717, 1.165) is 0 Å². The molecular weight excluding hydrogens is 510 g/mol. The van der Waals surface area contributed by atoms with E-state index in [1.165, 1.54) is 31.6 Å². The van der Waals surface area contributed by atoms with Gasteiger partial charge in [-0.25, -0.2) is 9.78 Å². The van der Waals surface area contributed by atoms with Crippen LogP contribution < -0.4 is 27.4 Å². The van der Waals surface area contributed by atoms with Crippen molar-refractivity contribution in [2.75, 3.05) is 6.54 Å². The average Bonchev–Trinajstić information content (AvgIpc) is 3.40. The maximum atomic E-state index is 13.3. The van der Waals surface area contributed by atoms with E-state index in [1.807, 2.05) is 0 Å². The number of unbranched alkanes of at least 4 members (excludes halogenated alkanes) is 1. The van der Waals surface area contributed by atoms with E-state index in [0.29, 0.717) is 30.6 Å². The van der Waals surface area contributed by atoms with Crippen molar-refractivity contribution in [3.05, 3.63) is 48.0 Å². The molecule has 0 radical (unpaired) electrons. The molecular formula is C25H37N7O7. The van der Waals surface area contributed by atoms with Crippen LogP contribution in [0.15, 0.2) is 36.8 Å². The number of hydrogen-bond donors (Lipinski definition) is 9. The fourth-order valence-corrected chi connectivity index (χ4v) is 3.75. The number of nitrogens with zero attached hydrogens (tertiary/aromatic N) is 1. The molecule has 0 saturated carbocycles. The highest BCUT2D eigenvalue weighted by Crippen LogP contribution is 2.12. The van der Waals surface area contributed by atoms with Gasteiger partial charge in [0, 0.05) is 24.7 Å². The number of phenolic OH excluding ortho intramolecular Hbond substituents is 1. The Morgan fingerprint density at radius 2 is 1.64 bits per heavy atom. The van der Waals surface area contributed by atoms with Crippen molar-refractivity contribution in [2.24, 2.45) is 11.5 Å². The molecule has 5 atom stereocenters. The van der Waals surface area contributed by atoms with Gasteiger partial charge in [-0.2, -0.15) is 0 Å². The van der Waals surface area contributed by atoms with Crippen LogP contribution in [0.5, 0.6) is 5.75 Å². The first-order chi connectivity index (χ1) is 18.5. The third-order valence-corrected chi connectivity index (χ3v) is 5.96. The molecule has 214 valence electrons. The summed E-state index contributed by atoms with van der Waals surface area (Å²) in [7, 11) is 0. The normalized spacial score (nSPS) is 14.9. The summed E-state index contributed by atoms with van der Waals surface area (Å²) in [5.41, 5.74) is 12.6. The number of benzene rings is 1. The van der Waals surface area contributed by atoms with Crippen LogP contribution in [0.25, 0.3) is 0 Å². The SMILES string of the molecule is CC(O)C(NC(=O)C(Cc1ccc(O)cc1)NC(=O)C(N)Cc1cnc[nH]1)C(=O)NC(CCCCN)C(=O)O. The molecule has 0 saturated heterocycles. The number of carbonyl (C=O) groups is 4. The number of H-pyrrole nitrogens is 1. The molecule has 2 aromatic rings. The topological polar surface area (TPSA) is 246 Å². The fourth-order valence-electron chi connectivity index (χ4n) is 3.75. The molecule has 11 N–H and O–H groups in total. The van der Waals surface area contributed by atoms with Crippen molar-refractivity contribution < 1.29 is 34.5 Å². The highest BCUT2D eigenvalue weighted by atomic mass is 16.4. The molecule has 0 aliphatic carbocycles. The van der Waals surface area contributed by atoms with Gasteiger partial charge in [-0.1, -0.05) is 12.1 Å². The van der Waals surface area contributed by atoms with Crippen LogP contribution in [0.4, 0.5) is 0 Å². The van der Waals surface area contributed by atoms with Crippen LogP contribution in [-0.2, 0) is 32.0 Å². The predicted molar refractivity (Wildman–Crippen MR) is 140 cm³/mol. The van der Waals surface area contributed by atoms with Gasteiger partial charge in [0.05, 0.1) is 18.5 Å². The van der Waals surface area contributed by atoms with Gasteiger partial charge in [0.15, 0.2) is 0 Å². The van der Waals surface area contributed by atoms with Gasteiger partial charge in [-0.15, -0.1) is 0 Å². The number of aromatic hydroxyl groups is 1. The first-order valence-corrected chi connectivity index (χ1v) is 12.5. The van der Waals surface area contributed by atoms with E-state index in [9.17, 15) is 34.5 Å². The zero-order valence-electron chi connectivity index (χ0n) is 21.7. The van der Waals surface area contributed by atoms with E-state index in [1.54, 1.807) is 12.1 Å². The molecule has 0 bridgehead atoms. The Morgan fingerprint density at radius 3 is 2.21 bits per heavy atom. The molecule has 0 spiro atoms. The number of nitrogens with one attached hydrogen (secondary N) is 4. The lowest BCUT2D eigenvalue weighted by atomic mass is 10.0. The van der Waals surface area contributed by atoms with Gasteiger partial charge in [0.25, 0.3) is 0 Å². The van der Waals surface area contributed by atoms with Gasteiger partial charge in [0.2, 0.25) is 17.7 Å². The van der Waals surface area contributed by atoms with Gasteiger partial charge in [-0.3, -0.25) is 14.4 Å². The van der Waals surface area contributed by atoms with Crippen molar-refractivity contribution in [3.8, 4) is 5.75 Å². The van der Waals surface area contributed by atoms with Crippen molar-refractivity contribution in [1.82, 2.24) is 25.9 Å². The third-order valence-electron chi connectivity index (χ3n) is 5.96. The largest absolute Gasteiger partial charge is 0.508 e. The summed E-state index contributed by atoms with van der Waals surface area (Å²) >= 11 is 0. The van der Waals surface area contributed by atoms with Crippen LogP contribution in [0.1, 0.15) is 37.4 Å². The number of carboxylic acid groups (broad SMARTS) is 1. The predicted octanol–water partition coefficient (Wildman–Crippen LogP) is -1.72.